The van der Waals surface area contributed by atoms with Crippen molar-refractivity contribution in [2.75, 3.05) is 5.32 Å². The number of para-hydroxylation sites is 1. The monoisotopic (exact) mass is 266 g/mol. The molecule has 0 aromatic heterocycles. The number of halogens is 1. The number of amides is 1. The summed E-state index contributed by atoms with van der Waals surface area (Å²) in [6, 6.07) is 6.32. The third-order valence-corrected chi connectivity index (χ3v) is 3.36. The number of carbonyl (C=O) groups excluding carboxylic acids is 1. The zero-order chi connectivity index (χ0) is 14.3. The van der Waals surface area contributed by atoms with Crippen molar-refractivity contribution in [1.82, 2.24) is 0 Å². The first-order chi connectivity index (χ1) is 8.99. The van der Waals surface area contributed by atoms with Crippen LogP contribution < -0.4 is 11.1 Å². The fourth-order valence-electron chi connectivity index (χ4n) is 2.01. The number of nitrogens with one attached hydrogen (secondary N) is 1. The molecule has 0 spiro atoms. The van der Waals surface area contributed by atoms with E-state index in [0.29, 0.717) is 12.1 Å². The molecule has 1 aromatic rings. The van der Waals surface area contributed by atoms with E-state index >= 15 is 0 Å². The van der Waals surface area contributed by atoms with Crippen LogP contribution in [0.2, 0.25) is 0 Å². The SMILES string of the molecule is CCCCCCC(C)(Nc1ccccc1F)C(N)=O. The molecule has 0 aliphatic heterocycles. The summed E-state index contributed by atoms with van der Waals surface area (Å²) in [6.07, 6.45) is 4.83. The van der Waals surface area contributed by atoms with Gasteiger partial charge in [0.15, 0.2) is 0 Å². The molecule has 3 nitrogen and oxygen atoms in total. The summed E-state index contributed by atoms with van der Waals surface area (Å²) in [4.78, 5) is 11.6. The third-order valence-electron chi connectivity index (χ3n) is 3.36. The normalized spacial score (nSPS) is 13.8. The zero-order valence-corrected chi connectivity index (χ0v) is 11.7. The summed E-state index contributed by atoms with van der Waals surface area (Å²) in [5.74, 6) is -0.823. The lowest BCUT2D eigenvalue weighted by Gasteiger charge is -2.29. The van der Waals surface area contributed by atoms with Crippen LogP contribution in [0.3, 0.4) is 0 Å². The van der Waals surface area contributed by atoms with E-state index in [-0.39, 0.29) is 5.82 Å². The van der Waals surface area contributed by atoms with Crippen molar-refractivity contribution in [2.24, 2.45) is 5.73 Å². The molecule has 0 bridgehead atoms. The zero-order valence-electron chi connectivity index (χ0n) is 11.7. The molecule has 19 heavy (non-hydrogen) atoms. The Morgan fingerprint density at radius 1 is 1.32 bits per heavy atom. The van der Waals surface area contributed by atoms with Crippen LogP contribution in [-0.4, -0.2) is 11.4 Å². The molecule has 0 fully saturated rings. The van der Waals surface area contributed by atoms with Gasteiger partial charge in [-0.2, -0.15) is 0 Å². The number of carbonyl (C=O) groups is 1. The number of unbranched alkanes of at least 4 members (excludes halogenated alkanes) is 3. The van der Waals surface area contributed by atoms with Gasteiger partial charge in [0.2, 0.25) is 5.91 Å². The Morgan fingerprint density at radius 3 is 2.58 bits per heavy atom. The van der Waals surface area contributed by atoms with Gasteiger partial charge in [0.05, 0.1) is 5.69 Å². The van der Waals surface area contributed by atoms with Gasteiger partial charge < -0.3 is 11.1 Å². The first-order valence-corrected chi connectivity index (χ1v) is 6.82. The van der Waals surface area contributed by atoms with E-state index in [4.69, 9.17) is 5.73 Å². The van der Waals surface area contributed by atoms with Crippen molar-refractivity contribution in [1.29, 1.82) is 0 Å². The quantitative estimate of drug-likeness (QED) is 0.708. The first-order valence-electron chi connectivity index (χ1n) is 6.82. The molecule has 1 aromatic carbocycles. The molecule has 1 amide bonds. The predicted octanol–water partition coefficient (Wildman–Crippen LogP) is 3.45. The number of primary amides is 1. The second-order valence-corrected chi connectivity index (χ2v) is 5.11. The number of hydrogen-bond donors (Lipinski definition) is 2. The maximum atomic E-state index is 13.6. The number of anilines is 1. The second kappa shape index (κ2) is 7.12. The molecule has 4 heteroatoms. The van der Waals surface area contributed by atoms with Gasteiger partial charge in [-0.3, -0.25) is 4.79 Å². The maximum absolute atomic E-state index is 13.6. The lowest BCUT2D eigenvalue weighted by molar-refractivity contribution is -0.122. The van der Waals surface area contributed by atoms with Crippen LogP contribution in [0.1, 0.15) is 46.0 Å². The number of rotatable bonds is 8. The summed E-state index contributed by atoms with van der Waals surface area (Å²) in [5, 5.41) is 2.95. The second-order valence-electron chi connectivity index (χ2n) is 5.11. The van der Waals surface area contributed by atoms with Gasteiger partial charge in [-0.15, -0.1) is 0 Å². The van der Waals surface area contributed by atoms with E-state index in [1.165, 1.54) is 6.07 Å². The van der Waals surface area contributed by atoms with Crippen molar-refractivity contribution < 1.29 is 9.18 Å². The topological polar surface area (TPSA) is 55.1 Å². The van der Waals surface area contributed by atoms with Crippen LogP contribution in [0, 0.1) is 5.82 Å². The molecule has 0 radical (unpaired) electrons. The summed E-state index contributed by atoms with van der Waals surface area (Å²) in [6.45, 7) is 3.86. The highest BCUT2D eigenvalue weighted by Crippen LogP contribution is 2.23. The Kier molecular flexibility index (Phi) is 5.80. The average Bonchev–Trinajstić information content (AvgIpc) is 2.37. The van der Waals surface area contributed by atoms with E-state index in [1.54, 1.807) is 25.1 Å². The van der Waals surface area contributed by atoms with Crippen LogP contribution in [-0.2, 0) is 4.79 Å². The highest BCUT2D eigenvalue weighted by molar-refractivity contribution is 5.87. The molecule has 1 atom stereocenters. The molecule has 1 rings (SSSR count). The van der Waals surface area contributed by atoms with E-state index in [0.717, 1.165) is 25.7 Å². The lowest BCUT2D eigenvalue weighted by atomic mass is 9.92. The molecule has 1 unspecified atom stereocenters. The Labute approximate surface area is 114 Å². The van der Waals surface area contributed by atoms with Crippen molar-refractivity contribution >= 4 is 11.6 Å². The smallest absolute Gasteiger partial charge is 0.242 e. The molecular weight excluding hydrogens is 243 g/mol. The largest absolute Gasteiger partial charge is 0.369 e. The molecule has 0 aliphatic rings. The van der Waals surface area contributed by atoms with Gasteiger partial charge >= 0.3 is 0 Å². The summed E-state index contributed by atoms with van der Waals surface area (Å²) < 4.78 is 13.6. The van der Waals surface area contributed by atoms with E-state index in [9.17, 15) is 9.18 Å². The first kappa shape index (κ1) is 15.5. The van der Waals surface area contributed by atoms with Crippen molar-refractivity contribution in [3.63, 3.8) is 0 Å². The van der Waals surface area contributed by atoms with Crippen molar-refractivity contribution in [3.05, 3.63) is 30.1 Å². The Bertz CT molecular complexity index is 422. The fourth-order valence-corrected chi connectivity index (χ4v) is 2.01. The average molecular weight is 266 g/mol. The number of hydrogen-bond acceptors (Lipinski definition) is 2. The van der Waals surface area contributed by atoms with Crippen LogP contribution in [0.5, 0.6) is 0 Å². The van der Waals surface area contributed by atoms with Crippen LogP contribution >= 0.6 is 0 Å². The van der Waals surface area contributed by atoms with Gasteiger partial charge in [-0.05, 0) is 25.5 Å². The standard InChI is InChI=1S/C15H23FN2O/c1-3-4-5-8-11-15(2,14(17)19)18-13-10-7-6-9-12(13)16/h6-7,9-10,18H,3-5,8,11H2,1-2H3,(H2,17,19). The summed E-state index contributed by atoms with van der Waals surface area (Å²) in [7, 11) is 0. The molecule has 106 valence electrons. The fraction of sp³-hybridized carbons (Fsp3) is 0.533. The molecule has 0 saturated carbocycles. The van der Waals surface area contributed by atoms with Gasteiger partial charge in [0, 0.05) is 0 Å². The lowest BCUT2D eigenvalue weighted by Crippen LogP contribution is -2.48. The van der Waals surface area contributed by atoms with Crippen LogP contribution in [0.15, 0.2) is 24.3 Å². The van der Waals surface area contributed by atoms with E-state index < -0.39 is 11.4 Å². The van der Waals surface area contributed by atoms with Crippen LogP contribution in [0.4, 0.5) is 10.1 Å². The summed E-state index contributed by atoms with van der Waals surface area (Å²) in [5.41, 5.74) is 4.87. The van der Waals surface area contributed by atoms with Gasteiger partial charge in [-0.1, -0.05) is 44.7 Å². The maximum Gasteiger partial charge on any atom is 0.242 e. The highest BCUT2D eigenvalue weighted by Gasteiger charge is 2.30. The molecule has 0 heterocycles. The molecule has 0 saturated heterocycles. The predicted molar refractivity (Wildman–Crippen MR) is 76.4 cm³/mol. The Morgan fingerprint density at radius 2 is 2.00 bits per heavy atom. The van der Waals surface area contributed by atoms with Gasteiger partial charge in [0.1, 0.15) is 11.4 Å². The van der Waals surface area contributed by atoms with Gasteiger partial charge in [0.25, 0.3) is 0 Å². The van der Waals surface area contributed by atoms with E-state index in [2.05, 4.69) is 12.2 Å². The molecular formula is C15H23FN2O. The van der Waals surface area contributed by atoms with E-state index in [1.807, 2.05) is 0 Å². The minimum atomic E-state index is -0.907. The molecule has 3 N–H and O–H groups in total. The molecule has 0 aliphatic carbocycles. The third kappa shape index (κ3) is 4.54. The van der Waals surface area contributed by atoms with Gasteiger partial charge in [-0.25, -0.2) is 4.39 Å². The Balaban J connectivity index is 2.71. The minimum absolute atomic E-state index is 0.319. The summed E-state index contributed by atoms with van der Waals surface area (Å²) >= 11 is 0. The highest BCUT2D eigenvalue weighted by atomic mass is 19.1. The van der Waals surface area contributed by atoms with Crippen LogP contribution in [0.25, 0.3) is 0 Å². The van der Waals surface area contributed by atoms with Crippen molar-refractivity contribution in [3.8, 4) is 0 Å². The Hall–Kier alpha value is -1.58. The minimum Gasteiger partial charge on any atom is -0.369 e. The number of nitrogens with two attached hydrogens (primary N) is 1. The number of benzene rings is 1. The van der Waals surface area contributed by atoms with Crippen molar-refractivity contribution in [2.45, 2.75) is 51.5 Å².